The first-order valence-electron chi connectivity index (χ1n) is 5.60. The lowest BCUT2D eigenvalue weighted by molar-refractivity contribution is -0.142. The third kappa shape index (κ3) is 2.62. The highest BCUT2D eigenvalue weighted by atomic mass is 35.5. The third-order valence-electron chi connectivity index (χ3n) is 3.23. The third-order valence-corrected chi connectivity index (χ3v) is 4.09. The molecular weight excluding hydrogens is 275 g/mol. The highest BCUT2D eigenvalue weighted by Crippen LogP contribution is 2.28. The van der Waals surface area contributed by atoms with Gasteiger partial charge in [0.25, 0.3) is 0 Å². The van der Waals surface area contributed by atoms with Gasteiger partial charge in [-0.25, -0.2) is 0 Å². The minimum Gasteiger partial charge on any atom is -0.480 e. The summed E-state index contributed by atoms with van der Waals surface area (Å²) in [6.45, 7) is 1.53. The zero-order valence-electron chi connectivity index (χ0n) is 9.70. The number of hydrogen-bond acceptors (Lipinski definition) is 3. The maximum Gasteiger partial charge on any atom is 0.325 e. The fourth-order valence-corrected chi connectivity index (χ4v) is 2.52. The zero-order valence-corrected chi connectivity index (χ0v) is 11.2. The predicted molar refractivity (Wildman–Crippen MR) is 70.9 cm³/mol. The summed E-state index contributed by atoms with van der Waals surface area (Å²) in [5.41, 5.74) is 5.55. The molecule has 1 aliphatic heterocycles. The Morgan fingerprint density at radius 3 is 2.83 bits per heavy atom. The molecule has 4 nitrogen and oxygen atoms in total. The van der Waals surface area contributed by atoms with E-state index in [4.69, 9.17) is 34.0 Å². The summed E-state index contributed by atoms with van der Waals surface area (Å²) in [6.07, 6.45) is 0.445. The molecule has 1 aromatic rings. The Bertz CT molecular complexity index is 481. The summed E-state index contributed by atoms with van der Waals surface area (Å²) in [5, 5.41) is 10.1. The van der Waals surface area contributed by atoms with Gasteiger partial charge in [0.1, 0.15) is 5.54 Å². The molecule has 0 aromatic heterocycles. The molecule has 1 atom stereocenters. The average Bonchev–Trinajstić information content (AvgIpc) is 2.68. The van der Waals surface area contributed by atoms with E-state index in [1.807, 2.05) is 17.0 Å². The van der Waals surface area contributed by atoms with E-state index in [0.717, 1.165) is 5.56 Å². The number of aliphatic carboxylic acids is 1. The molecule has 2 rings (SSSR count). The Balaban J connectivity index is 2.08. The molecule has 1 unspecified atom stereocenters. The SMILES string of the molecule is NC1(C(=O)O)CCN(Cc2cccc(Cl)c2Cl)C1. The summed E-state index contributed by atoms with van der Waals surface area (Å²) in [5.74, 6) is -0.956. The van der Waals surface area contributed by atoms with Crippen LogP contribution in [0.5, 0.6) is 0 Å². The highest BCUT2D eigenvalue weighted by Gasteiger charge is 2.41. The summed E-state index contributed by atoms with van der Waals surface area (Å²) in [7, 11) is 0. The number of rotatable bonds is 3. The topological polar surface area (TPSA) is 66.6 Å². The van der Waals surface area contributed by atoms with Crippen molar-refractivity contribution in [2.45, 2.75) is 18.5 Å². The van der Waals surface area contributed by atoms with Crippen LogP contribution in [0.1, 0.15) is 12.0 Å². The van der Waals surface area contributed by atoms with Gasteiger partial charge in [-0.05, 0) is 18.1 Å². The van der Waals surface area contributed by atoms with E-state index in [0.29, 0.717) is 36.1 Å². The maximum absolute atomic E-state index is 11.0. The fraction of sp³-hybridized carbons (Fsp3) is 0.417. The molecule has 0 amide bonds. The van der Waals surface area contributed by atoms with Crippen LogP contribution in [0.3, 0.4) is 0 Å². The number of carboxylic acid groups (broad SMARTS) is 1. The molecule has 1 fully saturated rings. The number of likely N-dealkylation sites (tertiary alicyclic amines) is 1. The van der Waals surface area contributed by atoms with E-state index in [1.165, 1.54) is 0 Å². The second kappa shape index (κ2) is 5.05. The van der Waals surface area contributed by atoms with E-state index < -0.39 is 11.5 Å². The second-order valence-electron chi connectivity index (χ2n) is 4.63. The van der Waals surface area contributed by atoms with Crippen LogP contribution in [0.4, 0.5) is 0 Å². The van der Waals surface area contributed by atoms with Gasteiger partial charge in [-0.3, -0.25) is 9.69 Å². The molecule has 0 saturated carbocycles. The first kappa shape index (κ1) is 13.6. The van der Waals surface area contributed by atoms with Gasteiger partial charge in [-0.2, -0.15) is 0 Å². The molecular formula is C12H14Cl2N2O2. The molecule has 0 radical (unpaired) electrons. The second-order valence-corrected chi connectivity index (χ2v) is 5.42. The lowest BCUT2D eigenvalue weighted by Crippen LogP contribution is -2.50. The molecule has 0 bridgehead atoms. The quantitative estimate of drug-likeness (QED) is 0.893. The van der Waals surface area contributed by atoms with Gasteiger partial charge in [0.2, 0.25) is 0 Å². The molecule has 1 aliphatic rings. The van der Waals surface area contributed by atoms with Gasteiger partial charge in [0.15, 0.2) is 0 Å². The number of benzene rings is 1. The van der Waals surface area contributed by atoms with Gasteiger partial charge in [-0.15, -0.1) is 0 Å². The molecule has 0 spiro atoms. The lowest BCUT2D eigenvalue weighted by Gasteiger charge is -2.20. The number of hydrogen-bond donors (Lipinski definition) is 2. The number of carboxylic acids is 1. The molecule has 1 heterocycles. The number of carbonyl (C=O) groups is 1. The lowest BCUT2D eigenvalue weighted by atomic mass is 10.0. The van der Waals surface area contributed by atoms with Gasteiger partial charge < -0.3 is 10.8 Å². The number of nitrogens with zero attached hydrogens (tertiary/aromatic N) is 1. The van der Waals surface area contributed by atoms with Crippen molar-refractivity contribution in [3.63, 3.8) is 0 Å². The van der Waals surface area contributed by atoms with Crippen molar-refractivity contribution < 1.29 is 9.90 Å². The minimum absolute atomic E-state index is 0.325. The molecule has 18 heavy (non-hydrogen) atoms. The number of halogens is 2. The van der Waals surface area contributed by atoms with E-state index in [9.17, 15) is 4.79 Å². The van der Waals surface area contributed by atoms with Crippen molar-refractivity contribution >= 4 is 29.2 Å². The smallest absolute Gasteiger partial charge is 0.325 e. The van der Waals surface area contributed by atoms with Crippen LogP contribution in [0.15, 0.2) is 18.2 Å². The molecule has 1 aromatic carbocycles. The fourth-order valence-electron chi connectivity index (χ4n) is 2.14. The molecule has 98 valence electrons. The first-order chi connectivity index (χ1) is 8.42. The van der Waals surface area contributed by atoms with Crippen molar-refractivity contribution in [1.29, 1.82) is 0 Å². The van der Waals surface area contributed by atoms with E-state index in [2.05, 4.69) is 0 Å². The summed E-state index contributed by atoms with van der Waals surface area (Å²) in [6, 6.07) is 5.43. The normalized spacial score (nSPS) is 24.4. The standard InChI is InChI=1S/C12H14Cl2N2O2/c13-9-3-1-2-8(10(9)14)6-16-5-4-12(15,7-16)11(17)18/h1-3H,4-7,15H2,(H,17,18). The number of nitrogens with two attached hydrogens (primary N) is 1. The van der Waals surface area contributed by atoms with E-state index in [-0.39, 0.29) is 0 Å². The Kier molecular flexibility index (Phi) is 3.82. The predicted octanol–water partition coefficient (Wildman–Crippen LogP) is 1.98. The Morgan fingerprint density at radius 2 is 2.22 bits per heavy atom. The summed E-state index contributed by atoms with van der Waals surface area (Å²) < 4.78 is 0. The summed E-state index contributed by atoms with van der Waals surface area (Å²) in [4.78, 5) is 13.0. The first-order valence-corrected chi connectivity index (χ1v) is 6.35. The molecule has 0 aliphatic carbocycles. The minimum atomic E-state index is -1.15. The van der Waals surface area contributed by atoms with E-state index in [1.54, 1.807) is 6.07 Å². The van der Waals surface area contributed by atoms with Crippen LogP contribution in [0, 0.1) is 0 Å². The Labute approximate surface area is 115 Å². The van der Waals surface area contributed by atoms with Gasteiger partial charge in [-0.1, -0.05) is 35.3 Å². The average molecular weight is 289 g/mol. The van der Waals surface area contributed by atoms with Gasteiger partial charge in [0.05, 0.1) is 10.0 Å². The van der Waals surface area contributed by atoms with Crippen LogP contribution in [-0.4, -0.2) is 34.6 Å². The van der Waals surface area contributed by atoms with Crippen LogP contribution >= 0.6 is 23.2 Å². The maximum atomic E-state index is 11.0. The van der Waals surface area contributed by atoms with Crippen molar-refractivity contribution in [2.75, 3.05) is 13.1 Å². The van der Waals surface area contributed by atoms with Gasteiger partial charge in [0, 0.05) is 19.6 Å². The Morgan fingerprint density at radius 1 is 1.50 bits per heavy atom. The van der Waals surface area contributed by atoms with E-state index >= 15 is 0 Å². The Hall–Kier alpha value is -0.810. The molecule has 6 heteroatoms. The van der Waals surface area contributed by atoms with Gasteiger partial charge >= 0.3 is 5.97 Å². The monoisotopic (exact) mass is 288 g/mol. The zero-order chi connectivity index (χ0) is 13.3. The summed E-state index contributed by atoms with van der Waals surface area (Å²) >= 11 is 12.0. The van der Waals surface area contributed by atoms with Crippen molar-refractivity contribution in [3.05, 3.63) is 33.8 Å². The van der Waals surface area contributed by atoms with Crippen LogP contribution in [-0.2, 0) is 11.3 Å². The van der Waals surface area contributed by atoms with Crippen molar-refractivity contribution in [2.24, 2.45) is 5.73 Å². The van der Waals surface area contributed by atoms with Crippen molar-refractivity contribution in [1.82, 2.24) is 4.90 Å². The van der Waals surface area contributed by atoms with Crippen LogP contribution in [0.25, 0.3) is 0 Å². The van der Waals surface area contributed by atoms with Crippen molar-refractivity contribution in [3.8, 4) is 0 Å². The molecule has 3 N–H and O–H groups in total. The largest absolute Gasteiger partial charge is 0.480 e. The molecule has 1 saturated heterocycles. The van der Waals surface area contributed by atoms with Crippen LogP contribution in [0.2, 0.25) is 10.0 Å². The van der Waals surface area contributed by atoms with Crippen LogP contribution < -0.4 is 5.73 Å². The highest BCUT2D eigenvalue weighted by molar-refractivity contribution is 6.42.